The smallest absolute Gasteiger partial charge is 0.265 e. The maximum Gasteiger partial charge on any atom is 0.265 e. The summed E-state index contributed by atoms with van der Waals surface area (Å²) in [5, 5.41) is 9.72. The lowest BCUT2D eigenvalue weighted by atomic mass is 10.0. The predicted molar refractivity (Wildman–Crippen MR) is 104 cm³/mol. The highest BCUT2D eigenvalue weighted by Crippen LogP contribution is 2.34. The normalized spacial score (nSPS) is 16.8. The minimum Gasteiger partial charge on any atom is -0.508 e. The number of hydrogen-bond acceptors (Lipinski definition) is 5. The maximum absolute atomic E-state index is 13.3. The number of pyridine rings is 1. The first-order valence-corrected chi connectivity index (χ1v) is 9.97. The molecule has 0 saturated carbocycles. The average Bonchev–Trinajstić information content (AvgIpc) is 2.70. The Kier molecular flexibility index (Phi) is 4.44. The zero-order valence-electron chi connectivity index (χ0n) is 14.7. The second-order valence-electron chi connectivity index (χ2n) is 6.32. The molecule has 140 valence electrons. The van der Waals surface area contributed by atoms with Crippen molar-refractivity contribution >= 4 is 21.9 Å². The summed E-state index contributed by atoms with van der Waals surface area (Å²) in [6.45, 7) is -0.00439. The fourth-order valence-corrected chi connectivity index (χ4v) is 4.75. The molecule has 0 radical (unpaired) electrons. The number of phenolic OH excluding ortho intramolecular Hbond substituents is 1. The second-order valence-corrected chi connectivity index (χ2v) is 8.15. The SMILES string of the molecule is O=C1C(=Cc2cccc(O)c2)N(Cc2ccncc2)S(=O)(=O)c2ccccc21. The molecule has 2 heterocycles. The zero-order chi connectivity index (χ0) is 19.7. The highest BCUT2D eigenvalue weighted by molar-refractivity contribution is 7.89. The maximum atomic E-state index is 13.3. The Balaban J connectivity index is 1.91. The van der Waals surface area contributed by atoms with Crippen LogP contribution in [-0.4, -0.2) is 28.6 Å². The molecular weight excluding hydrogens is 376 g/mol. The van der Waals surface area contributed by atoms with E-state index in [4.69, 9.17) is 0 Å². The fraction of sp³-hybridized carbons (Fsp3) is 0.0476. The number of carbonyl (C=O) groups excluding carboxylic acids is 1. The molecule has 1 aliphatic heterocycles. The number of ketones is 1. The molecule has 1 aliphatic rings. The number of benzene rings is 2. The highest BCUT2D eigenvalue weighted by atomic mass is 32.2. The van der Waals surface area contributed by atoms with E-state index in [1.54, 1.807) is 48.8 Å². The molecule has 0 spiro atoms. The van der Waals surface area contributed by atoms with Crippen LogP contribution in [0.1, 0.15) is 21.5 Å². The van der Waals surface area contributed by atoms with E-state index in [-0.39, 0.29) is 34.2 Å². The molecule has 0 fully saturated rings. The average molecular weight is 392 g/mol. The molecule has 3 aromatic rings. The van der Waals surface area contributed by atoms with Crippen LogP contribution in [0.2, 0.25) is 0 Å². The van der Waals surface area contributed by atoms with Gasteiger partial charge in [0.2, 0.25) is 5.78 Å². The summed E-state index contributed by atoms with van der Waals surface area (Å²) >= 11 is 0. The van der Waals surface area contributed by atoms with E-state index in [1.807, 2.05) is 0 Å². The monoisotopic (exact) mass is 392 g/mol. The molecule has 4 rings (SSSR count). The summed E-state index contributed by atoms with van der Waals surface area (Å²) in [7, 11) is -3.93. The van der Waals surface area contributed by atoms with Crippen LogP contribution in [0.25, 0.3) is 6.08 Å². The van der Waals surface area contributed by atoms with E-state index < -0.39 is 10.0 Å². The number of aromatic hydroxyl groups is 1. The molecule has 0 bridgehead atoms. The van der Waals surface area contributed by atoms with Crippen LogP contribution in [0.5, 0.6) is 5.75 Å². The fourth-order valence-electron chi connectivity index (χ4n) is 3.11. The van der Waals surface area contributed by atoms with E-state index in [9.17, 15) is 18.3 Å². The van der Waals surface area contributed by atoms with E-state index in [2.05, 4.69) is 4.98 Å². The van der Waals surface area contributed by atoms with E-state index in [0.717, 1.165) is 4.31 Å². The third kappa shape index (κ3) is 3.16. The van der Waals surface area contributed by atoms with E-state index >= 15 is 0 Å². The first-order chi connectivity index (χ1) is 13.5. The number of sulfonamides is 1. The molecule has 0 unspecified atom stereocenters. The molecule has 6 nitrogen and oxygen atoms in total. The number of rotatable bonds is 3. The Bertz CT molecular complexity index is 1190. The van der Waals surface area contributed by atoms with Crippen LogP contribution in [0.4, 0.5) is 0 Å². The van der Waals surface area contributed by atoms with Crippen LogP contribution in [0.15, 0.2) is 83.6 Å². The van der Waals surface area contributed by atoms with Gasteiger partial charge in [0.15, 0.2) is 0 Å². The van der Waals surface area contributed by atoms with Gasteiger partial charge >= 0.3 is 0 Å². The van der Waals surface area contributed by atoms with Crippen molar-refractivity contribution in [1.29, 1.82) is 0 Å². The molecular formula is C21H16N2O4S. The van der Waals surface area contributed by atoms with E-state index in [1.165, 1.54) is 30.3 Å². The minimum absolute atomic E-state index is 0.00439. The first-order valence-electron chi connectivity index (χ1n) is 8.53. The number of fused-ring (bicyclic) bond motifs is 1. The van der Waals surface area contributed by atoms with Crippen molar-refractivity contribution in [1.82, 2.24) is 9.29 Å². The topological polar surface area (TPSA) is 87.6 Å². The van der Waals surface area contributed by atoms with Gasteiger partial charge in [-0.1, -0.05) is 24.3 Å². The quantitative estimate of drug-likeness (QED) is 0.692. The predicted octanol–water partition coefficient (Wildman–Crippen LogP) is 3.22. The summed E-state index contributed by atoms with van der Waals surface area (Å²) in [5.74, 6) is -0.357. The van der Waals surface area contributed by atoms with Gasteiger partial charge in [-0.25, -0.2) is 8.42 Å². The Morgan fingerprint density at radius 2 is 1.75 bits per heavy atom. The third-order valence-corrected chi connectivity index (χ3v) is 6.27. The molecule has 0 amide bonds. The number of nitrogens with zero attached hydrogens (tertiary/aromatic N) is 2. The summed E-state index contributed by atoms with van der Waals surface area (Å²) in [5.41, 5.74) is 1.39. The summed E-state index contributed by atoms with van der Waals surface area (Å²) in [4.78, 5) is 17.1. The number of phenols is 1. The number of Topliss-reactive ketones (excluding diaryl/α,β-unsaturated/α-hetero) is 1. The summed E-state index contributed by atoms with van der Waals surface area (Å²) in [6, 6.07) is 15.9. The van der Waals surface area contributed by atoms with Crippen molar-refractivity contribution in [3.8, 4) is 5.75 Å². The van der Waals surface area contributed by atoms with Crippen LogP contribution in [-0.2, 0) is 16.6 Å². The largest absolute Gasteiger partial charge is 0.508 e. The van der Waals surface area contributed by atoms with Gasteiger partial charge < -0.3 is 5.11 Å². The van der Waals surface area contributed by atoms with Crippen molar-refractivity contribution < 1.29 is 18.3 Å². The molecule has 0 aliphatic carbocycles. The van der Waals surface area contributed by atoms with Crippen molar-refractivity contribution in [2.75, 3.05) is 0 Å². The lowest BCUT2D eigenvalue weighted by Crippen LogP contribution is -2.38. The molecule has 1 aromatic heterocycles. The number of hydrogen-bond donors (Lipinski definition) is 1. The lowest BCUT2D eigenvalue weighted by Gasteiger charge is -2.31. The van der Waals surface area contributed by atoms with Crippen molar-refractivity contribution in [2.45, 2.75) is 11.4 Å². The standard InChI is InChI=1S/C21H16N2O4S/c24-17-5-3-4-16(12-17)13-19-21(25)18-6-1-2-7-20(18)28(26,27)23(19)14-15-8-10-22-11-9-15/h1-13,24H,14H2. The van der Waals surface area contributed by atoms with Gasteiger partial charge in [-0.2, -0.15) is 0 Å². The van der Waals surface area contributed by atoms with Crippen molar-refractivity contribution in [3.63, 3.8) is 0 Å². The Hall–Kier alpha value is -3.45. The third-order valence-electron chi connectivity index (χ3n) is 4.45. The van der Waals surface area contributed by atoms with Crippen LogP contribution in [0.3, 0.4) is 0 Å². The summed E-state index contributed by atoms with van der Waals surface area (Å²) in [6.07, 6.45) is 4.62. The Labute approximate surface area is 162 Å². The second kappa shape index (κ2) is 6.94. The molecule has 28 heavy (non-hydrogen) atoms. The van der Waals surface area contributed by atoms with Gasteiger partial charge in [-0.05, 0) is 53.6 Å². The van der Waals surface area contributed by atoms with Gasteiger partial charge in [0.25, 0.3) is 10.0 Å². The van der Waals surface area contributed by atoms with Gasteiger partial charge in [-0.3, -0.25) is 14.1 Å². The number of carbonyl (C=O) groups is 1. The van der Waals surface area contributed by atoms with Crippen molar-refractivity contribution in [3.05, 3.63) is 95.4 Å². The summed E-state index contributed by atoms with van der Waals surface area (Å²) < 4.78 is 27.7. The van der Waals surface area contributed by atoms with Crippen LogP contribution >= 0.6 is 0 Å². The van der Waals surface area contributed by atoms with Crippen LogP contribution < -0.4 is 0 Å². The minimum atomic E-state index is -3.93. The Morgan fingerprint density at radius 3 is 2.50 bits per heavy atom. The number of aromatic nitrogens is 1. The molecule has 1 N–H and O–H groups in total. The molecule has 2 aromatic carbocycles. The first kappa shape index (κ1) is 17.9. The van der Waals surface area contributed by atoms with Gasteiger partial charge in [-0.15, -0.1) is 0 Å². The lowest BCUT2D eigenvalue weighted by molar-refractivity contribution is 0.100. The Morgan fingerprint density at radius 1 is 1.00 bits per heavy atom. The van der Waals surface area contributed by atoms with Gasteiger partial charge in [0.1, 0.15) is 11.4 Å². The molecule has 0 saturated heterocycles. The molecule has 7 heteroatoms. The zero-order valence-corrected chi connectivity index (χ0v) is 15.5. The molecule has 0 atom stereocenters. The van der Waals surface area contributed by atoms with Gasteiger partial charge in [0.05, 0.1) is 11.4 Å². The van der Waals surface area contributed by atoms with Crippen molar-refractivity contribution in [2.24, 2.45) is 0 Å². The van der Waals surface area contributed by atoms with Gasteiger partial charge in [0, 0.05) is 18.0 Å². The number of allylic oxidation sites excluding steroid dienone is 1. The van der Waals surface area contributed by atoms with Crippen LogP contribution in [0, 0.1) is 0 Å². The highest BCUT2D eigenvalue weighted by Gasteiger charge is 2.39. The van der Waals surface area contributed by atoms with E-state index in [0.29, 0.717) is 11.1 Å².